The van der Waals surface area contributed by atoms with Gasteiger partial charge in [-0.3, -0.25) is 4.79 Å². The van der Waals surface area contributed by atoms with Crippen LogP contribution in [0.2, 0.25) is 0 Å². The normalized spacial score (nSPS) is 13.2. The summed E-state index contributed by atoms with van der Waals surface area (Å²) in [6.07, 6.45) is 1.84. The van der Waals surface area contributed by atoms with E-state index in [1.807, 2.05) is 13.8 Å². The minimum Gasteiger partial charge on any atom is -0.480 e. The third-order valence-electron chi connectivity index (χ3n) is 2.73. The molecule has 0 bridgehead atoms. The highest BCUT2D eigenvalue weighted by Crippen LogP contribution is 2.14. The Kier molecular flexibility index (Phi) is 5.47. The zero-order valence-electron chi connectivity index (χ0n) is 11.5. The Bertz CT molecular complexity index is 576. The Balaban J connectivity index is 2.96. The molecule has 0 aromatic heterocycles. The fourth-order valence-corrected chi connectivity index (χ4v) is 2.91. The standard InChI is InChI=1S/C14H19NO4S/c1-4-11-5-7-12(8-6-11)20(18,19)15-13(14(16)17)9-10(2)3/h4-8,10,13,15H,1,9H2,2-3H3,(H,16,17). The van der Waals surface area contributed by atoms with Crippen LogP contribution in [0.5, 0.6) is 0 Å². The Morgan fingerprint density at radius 3 is 2.30 bits per heavy atom. The Hall–Kier alpha value is -1.66. The lowest BCUT2D eigenvalue weighted by Crippen LogP contribution is -2.41. The summed E-state index contributed by atoms with van der Waals surface area (Å²) >= 11 is 0. The fourth-order valence-electron chi connectivity index (χ4n) is 1.71. The third kappa shape index (κ3) is 4.47. The number of hydrogen-bond acceptors (Lipinski definition) is 3. The van der Waals surface area contributed by atoms with Gasteiger partial charge in [-0.05, 0) is 30.0 Å². The lowest BCUT2D eigenvalue weighted by atomic mass is 10.1. The number of benzene rings is 1. The van der Waals surface area contributed by atoms with E-state index in [0.29, 0.717) is 0 Å². The number of nitrogens with one attached hydrogen (secondary N) is 1. The maximum Gasteiger partial charge on any atom is 0.321 e. The Morgan fingerprint density at radius 1 is 1.35 bits per heavy atom. The molecule has 110 valence electrons. The molecular weight excluding hydrogens is 278 g/mol. The molecule has 1 atom stereocenters. The molecule has 1 unspecified atom stereocenters. The molecule has 0 saturated heterocycles. The van der Waals surface area contributed by atoms with E-state index in [9.17, 15) is 13.2 Å². The zero-order valence-corrected chi connectivity index (χ0v) is 12.4. The number of carbonyl (C=O) groups is 1. The van der Waals surface area contributed by atoms with Crippen LogP contribution < -0.4 is 4.72 Å². The third-order valence-corrected chi connectivity index (χ3v) is 4.22. The van der Waals surface area contributed by atoms with E-state index in [1.165, 1.54) is 12.1 Å². The molecule has 0 heterocycles. The molecule has 1 aromatic rings. The molecule has 0 fully saturated rings. The van der Waals surface area contributed by atoms with Gasteiger partial charge in [0.05, 0.1) is 4.90 Å². The van der Waals surface area contributed by atoms with Crippen LogP contribution in [-0.4, -0.2) is 25.5 Å². The van der Waals surface area contributed by atoms with Crippen LogP contribution in [0.15, 0.2) is 35.7 Å². The smallest absolute Gasteiger partial charge is 0.321 e. The van der Waals surface area contributed by atoms with Crippen molar-refractivity contribution in [2.24, 2.45) is 5.92 Å². The monoisotopic (exact) mass is 297 g/mol. The van der Waals surface area contributed by atoms with Crippen LogP contribution in [0.3, 0.4) is 0 Å². The van der Waals surface area contributed by atoms with Crippen molar-refractivity contribution in [2.45, 2.75) is 31.2 Å². The highest BCUT2D eigenvalue weighted by Gasteiger charge is 2.25. The van der Waals surface area contributed by atoms with Crippen molar-refractivity contribution in [3.8, 4) is 0 Å². The number of aliphatic carboxylic acids is 1. The van der Waals surface area contributed by atoms with Crippen LogP contribution in [0.4, 0.5) is 0 Å². The van der Waals surface area contributed by atoms with Crippen molar-refractivity contribution in [1.82, 2.24) is 4.72 Å². The molecule has 5 nitrogen and oxygen atoms in total. The zero-order chi connectivity index (χ0) is 15.3. The lowest BCUT2D eigenvalue weighted by Gasteiger charge is -2.16. The largest absolute Gasteiger partial charge is 0.480 e. The molecule has 0 spiro atoms. The average molecular weight is 297 g/mol. The van der Waals surface area contributed by atoms with Gasteiger partial charge in [0, 0.05) is 0 Å². The van der Waals surface area contributed by atoms with E-state index in [0.717, 1.165) is 5.56 Å². The van der Waals surface area contributed by atoms with Crippen LogP contribution in [-0.2, 0) is 14.8 Å². The molecule has 20 heavy (non-hydrogen) atoms. The van der Waals surface area contributed by atoms with Crippen LogP contribution >= 0.6 is 0 Å². The number of carboxylic acids is 1. The summed E-state index contributed by atoms with van der Waals surface area (Å²) in [7, 11) is -3.84. The lowest BCUT2D eigenvalue weighted by molar-refractivity contribution is -0.139. The number of carboxylic acid groups (broad SMARTS) is 1. The first-order chi connectivity index (χ1) is 9.26. The molecule has 0 aliphatic carbocycles. The first-order valence-corrected chi connectivity index (χ1v) is 7.72. The Labute approximate surface area is 119 Å². The predicted molar refractivity (Wildman–Crippen MR) is 77.7 cm³/mol. The predicted octanol–water partition coefficient (Wildman–Crippen LogP) is 2.11. The van der Waals surface area contributed by atoms with Gasteiger partial charge in [0.15, 0.2) is 0 Å². The second-order valence-corrected chi connectivity index (χ2v) is 6.63. The van der Waals surface area contributed by atoms with E-state index >= 15 is 0 Å². The summed E-state index contributed by atoms with van der Waals surface area (Å²) in [5.74, 6) is -1.10. The first kappa shape index (κ1) is 16.4. The molecule has 0 aliphatic rings. The average Bonchev–Trinajstić information content (AvgIpc) is 2.37. The van der Waals surface area contributed by atoms with Gasteiger partial charge >= 0.3 is 5.97 Å². The molecule has 0 radical (unpaired) electrons. The van der Waals surface area contributed by atoms with E-state index in [-0.39, 0.29) is 17.2 Å². The second-order valence-electron chi connectivity index (χ2n) is 4.91. The molecule has 1 rings (SSSR count). The van der Waals surface area contributed by atoms with Crippen molar-refractivity contribution < 1.29 is 18.3 Å². The van der Waals surface area contributed by atoms with Gasteiger partial charge in [-0.2, -0.15) is 4.72 Å². The van der Waals surface area contributed by atoms with Crippen LogP contribution in [0.1, 0.15) is 25.8 Å². The van der Waals surface area contributed by atoms with Gasteiger partial charge in [0.2, 0.25) is 10.0 Å². The molecular formula is C14H19NO4S. The summed E-state index contributed by atoms with van der Waals surface area (Å²) in [6.45, 7) is 7.26. The highest BCUT2D eigenvalue weighted by molar-refractivity contribution is 7.89. The first-order valence-electron chi connectivity index (χ1n) is 6.24. The summed E-state index contributed by atoms with van der Waals surface area (Å²) < 4.78 is 26.5. The van der Waals surface area contributed by atoms with Crippen molar-refractivity contribution >= 4 is 22.1 Å². The summed E-state index contributed by atoms with van der Waals surface area (Å²) in [6, 6.07) is 4.94. The molecule has 0 aliphatic heterocycles. The topological polar surface area (TPSA) is 83.5 Å². The summed E-state index contributed by atoms with van der Waals surface area (Å²) in [4.78, 5) is 11.1. The van der Waals surface area contributed by atoms with E-state index in [2.05, 4.69) is 11.3 Å². The van der Waals surface area contributed by atoms with E-state index < -0.39 is 22.0 Å². The Morgan fingerprint density at radius 2 is 1.90 bits per heavy atom. The summed E-state index contributed by atoms with van der Waals surface area (Å²) in [5.41, 5.74) is 0.793. The molecule has 1 aromatic carbocycles. The van der Waals surface area contributed by atoms with Gasteiger partial charge < -0.3 is 5.11 Å². The maximum atomic E-state index is 12.1. The quantitative estimate of drug-likeness (QED) is 0.807. The van der Waals surface area contributed by atoms with Gasteiger partial charge in [-0.1, -0.05) is 38.6 Å². The van der Waals surface area contributed by atoms with Crippen LogP contribution in [0, 0.1) is 5.92 Å². The molecule has 2 N–H and O–H groups in total. The van der Waals surface area contributed by atoms with Gasteiger partial charge in [-0.15, -0.1) is 0 Å². The van der Waals surface area contributed by atoms with Crippen molar-refractivity contribution in [2.75, 3.05) is 0 Å². The molecule has 0 saturated carbocycles. The second kappa shape index (κ2) is 6.67. The summed E-state index contributed by atoms with van der Waals surface area (Å²) in [5, 5.41) is 9.07. The number of hydrogen-bond donors (Lipinski definition) is 2. The number of sulfonamides is 1. The van der Waals surface area contributed by atoms with E-state index in [1.54, 1.807) is 18.2 Å². The van der Waals surface area contributed by atoms with Crippen molar-refractivity contribution in [3.05, 3.63) is 36.4 Å². The van der Waals surface area contributed by atoms with Crippen molar-refractivity contribution in [1.29, 1.82) is 0 Å². The van der Waals surface area contributed by atoms with Crippen molar-refractivity contribution in [3.63, 3.8) is 0 Å². The SMILES string of the molecule is C=Cc1ccc(S(=O)(=O)NC(CC(C)C)C(=O)O)cc1. The minimum atomic E-state index is -3.84. The van der Waals surface area contributed by atoms with Gasteiger partial charge in [0.25, 0.3) is 0 Å². The minimum absolute atomic E-state index is 0.0399. The maximum absolute atomic E-state index is 12.1. The highest BCUT2D eigenvalue weighted by atomic mass is 32.2. The van der Waals surface area contributed by atoms with Crippen LogP contribution in [0.25, 0.3) is 6.08 Å². The fraction of sp³-hybridized carbons (Fsp3) is 0.357. The molecule has 0 amide bonds. The number of rotatable bonds is 7. The molecule has 6 heteroatoms. The van der Waals surface area contributed by atoms with Gasteiger partial charge in [-0.25, -0.2) is 8.42 Å². The van der Waals surface area contributed by atoms with E-state index in [4.69, 9.17) is 5.11 Å². The van der Waals surface area contributed by atoms with Gasteiger partial charge in [0.1, 0.15) is 6.04 Å².